The lowest BCUT2D eigenvalue weighted by molar-refractivity contribution is 0.143. The van der Waals surface area contributed by atoms with Crippen molar-refractivity contribution in [2.24, 2.45) is 11.3 Å². The molecule has 2 fully saturated rings. The molecule has 146 valence electrons. The number of aliphatic hydroxyl groups excluding tert-OH is 1. The third-order valence-electron chi connectivity index (χ3n) is 6.66. The molecule has 1 spiro atoms. The molecule has 3 nitrogen and oxygen atoms in total. The number of rotatable bonds is 4. The SMILES string of the molecule is OC(Nc1ccc(Cl)s1)C1CC12CCC(c1ccnc3ccc(F)cc13)CC2. The van der Waals surface area contributed by atoms with Gasteiger partial charge in [-0.1, -0.05) is 11.6 Å². The molecule has 1 aromatic carbocycles. The summed E-state index contributed by atoms with van der Waals surface area (Å²) in [6, 6.07) is 10.6. The van der Waals surface area contributed by atoms with E-state index < -0.39 is 6.23 Å². The molecular weight excluding hydrogens is 395 g/mol. The lowest BCUT2D eigenvalue weighted by Gasteiger charge is -2.31. The standard InChI is InChI=1S/C22H22ClFN2OS/c23-19-3-4-20(28-19)26-21(27)17-12-22(17)8-5-13(6-9-22)15-7-10-25-18-2-1-14(24)11-16(15)18/h1-4,7,10-11,13,17,21,26-27H,5-6,8-9,12H2. The quantitative estimate of drug-likeness (QED) is 0.499. The molecule has 5 rings (SSSR count). The normalized spacial score (nSPS) is 27.8. The molecule has 2 saturated carbocycles. The van der Waals surface area contributed by atoms with Crippen LogP contribution in [0.5, 0.6) is 0 Å². The molecular formula is C22H22ClFN2OS. The van der Waals surface area contributed by atoms with Crippen LogP contribution in [0.3, 0.4) is 0 Å². The van der Waals surface area contributed by atoms with Gasteiger partial charge in [-0.05, 0) is 85.4 Å². The van der Waals surface area contributed by atoms with E-state index in [0.717, 1.165) is 52.3 Å². The van der Waals surface area contributed by atoms with E-state index in [1.807, 2.05) is 24.4 Å². The molecule has 2 heterocycles. The van der Waals surface area contributed by atoms with E-state index in [4.69, 9.17) is 11.6 Å². The van der Waals surface area contributed by atoms with Crippen LogP contribution in [-0.4, -0.2) is 16.3 Å². The summed E-state index contributed by atoms with van der Waals surface area (Å²) >= 11 is 7.43. The summed E-state index contributed by atoms with van der Waals surface area (Å²) in [6.07, 6.45) is 6.73. The summed E-state index contributed by atoms with van der Waals surface area (Å²) in [5, 5.41) is 15.7. The van der Waals surface area contributed by atoms with Crippen LogP contribution in [0.1, 0.15) is 43.6 Å². The second-order valence-corrected chi connectivity index (χ2v) is 9.92. The number of fused-ring (bicyclic) bond motifs is 1. The van der Waals surface area contributed by atoms with Crippen molar-refractivity contribution in [1.29, 1.82) is 0 Å². The molecule has 3 aromatic rings. The van der Waals surface area contributed by atoms with Gasteiger partial charge in [-0.3, -0.25) is 4.98 Å². The van der Waals surface area contributed by atoms with Gasteiger partial charge in [0.25, 0.3) is 0 Å². The molecule has 0 radical (unpaired) electrons. The van der Waals surface area contributed by atoms with Crippen LogP contribution >= 0.6 is 22.9 Å². The molecule has 2 aliphatic carbocycles. The number of nitrogens with one attached hydrogen (secondary N) is 1. The third kappa shape index (κ3) is 3.30. The Hall–Kier alpha value is -1.69. The molecule has 2 aliphatic rings. The van der Waals surface area contributed by atoms with Crippen LogP contribution in [0.4, 0.5) is 9.39 Å². The van der Waals surface area contributed by atoms with E-state index in [1.165, 1.54) is 23.0 Å². The largest absolute Gasteiger partial charge is 0.373 e. The van der Waals surface area contributed by atoms with Crippen molar-refractivity contribution in [2.45, 2.75) is 44.2 Å². The fourth-order valence-corrected chi connectivity index (χ4v) is 6.01. The summed E-state index contributed by atoms with van der Waals surface area (Å²) in [6.45, 7) is 0. The van der Waals surface area contributed by atoms with Gasteiger partial charge in [0.1, 0.15) is 12.0 Å². The smallest absolute Gasteiger partial charge is 0.128 e. The van der Waals surface area contributed by atoms with E-state index in [9.17, 15) is 9.50 Å². The van der Waals surface area contributed by atoms with E-state index >= 15 is 0 Å². The van der Waals surface area contributed by atoms with Gasteiger partial charge in [-0.25, -0.2) is 4.39 Å². The van der Waals surface area contributed by atoms with Gasteiger partial charge in [-0.15, -0.1) is 11.3 Å². The summed E-state index contributed by atoms with van der Waals surface area (Å²) in [5.74, 6) is 0.514. The Kier molecular flexibility index (Phi) is 4.57. The summed E-state index contributed by atoms with van der Waals surface area (Å²) < 4.78 is 14.5. The highest BCUT2D eigenvalue weighted by Gasteiger charge is 2.58. The minimum absolute atomic E-state index is 0.209. The number of nitrogens with zero attached hydrogens (tertiary/aromatic N) is 1. The molecule has 0 amide bonds. The van der Waals surface area contributed by atoms with Crippen molar-refractivity contribution < 1.29 is 9.50 Å². The van der Waals surface area contributed by atoms with Crippen molar-refractivity contribution in [2.75, 3.05) is 5.32 Å². The Morgan fingerprint density at radius 1 is 1.21 bits per heavy atom. The van der Waals surface area contributed by atoms with Gasteiger partial charge in [0.2, 0.25) is 0 Å². The lowest BCUT2D eigenvalue weighted by atomic mass is 9.75. The van der Waals surface area contributed by atoms with Crippen molar-refractivity contribution in [3.05, 3.63) is 58.3 Å². The zero-order valence-electron chi connectivity index (χ0n) is 15.4. The van der Waals surface area contributed by atoms with Gasteiger partial charge >= 0.3 is 0 Å². The van der Waals surface area contributed by atoms with Gasteiger partial charge in [0, 0.05) is 17.5 Å². The van der Waals surface area contributed by atoms with Gasteiger partial charge in [0.05, 0.1) is 14.9 Å². The third-order valence-corrected chi connectivity index (χ3v) is 7.82. The second-order valence-electron chi connectivity index (χ2n) is 8.20. The van der Waals surface area contributed by atoms with E-state index in [2.05, 4.69) is 10.3 Å². The van der Waals surface area contributed by atoms with Gasteiger partial charge in [-0.2, -0.15) is 0 Å². The molecule has 6 heteroatoms. The zero-order chi connectivity index (χ0) is 19.3. The number of hydrogen-bond donors (Lipinski definition) is 2. The Morgan fingerprint density at radius 2 is 2.04 bits per heavy atom. The molecule has 2 N–H and O–H groups in total. The monoisotopic (exact) mass is 416 g/mol. The van der Waals surface area contributed by atoms with Crippen molar-refractivity contribution in [3.8, 4) is 0 Å². The number of thiophene rings is 1. The highest BCUT2D eigenvalue weighted by atomic mass is 35.5. The minimum atomic E-state index is -0.526. The van der Waals surface area contributed by atoms with Gasteiger partial charge in [0.15, 0.2) is 0 Å². The number of aliphatic hydroxyl groups is 1. The Labute approximate surface area is 172 Å². The fraction of sp³-hybridized carbons (Fsp3) is 0.409. The van der Waals surface area contributed by atoms with E-state index in [-0.39, 0.29) is 11.2 Å². The topological polar surface area (TPSA) is 45.1 Å². The highest BCUT2D eigenvalue weighted by molar-refractivity contribution is 7.19. The number of anilines is 1. The fourth-order valence-electron chi connectivity index (χ4n) is 5.04. The number of hydrogen-bond acceptors (Lipinski definition) is 4. The molecule has 28 heavy (non-hydrogen) atoms. The minimum Gasteiger partial charge on any atom is -0.373 e. The molecule has 0 aliphatic heterocycles. The van der Waals surface area contributed by atoms with Crippen LogP contribution in [-0.2, 0) is 0 Å². The summed E-state index contributed by atoms with van der Waals surface area (Å²) in [7, 11) is 0. The maximum Gasteiger partial charge on any atom is 0.128 e. The van der Waals surface area contributed by atoms with E-state index in [0.29, 0.717) is 11.8 Å². The number of aromatic nitrogens is 1. The van der Waals surface area contributed by atoms with E-state index in [1.54, 1.807) is 12.1 Å². The second kappa shape index (κ2) is 6.97. The highest BCUT2D eigenvalue weighted by Crippen LogP contribution is 2.64. The van der Waals surface area contributed by atoms with Crippen LogP contribution in [0.2, 0.25) is 4.34 Å². The molecule has 2 unspecified atom stereocenters. The zero-order valence-corrected chi connectivity index (χ0v) is 16.9. The Bertz CT molecular complexity index is 1010. The van der Waals surface area contributed by atoms with Gasteiger partial charge < -0.3 is 10.4 Å². The van der Waals surface area contributed by atoms with Crippen molar-refractivity contribution >= 4 is 38.8 Å². The Morgan fingerprint density at radius 3 is 2.79 bits per heavy atom. The molecule has 0 bridgehead atoms. The average molecular weight is 417 g/mol. The maximum atomic E-state index is 13.8. The van der Waals surface area contributed by atoms with Crippen molar-refractivity contribution in [3.63, 3.8) is 0 Å². The number of pyridine rings is 1. The summed E-state index contributed by atoms with van der Waals surface area (Å²) in [4.78, 5) is 4.38. The van der Waals surface area contributed by atoms with Crippen LogP contribution < -0.4 is 5.32 Å². The number of benzene rings is 1. The first-order valence-corrected chi connectivity index (χ1v) is 11.0. The average Bonchev–Trinajstić information content (AvgIpc) is 3.24. The van der Waals surface area contributed by atoms with Crippen LogP contribution in [0.25, 0.3) is 10.9 Å². The van der Waals surface area contributed by atoms with Crippen LogP contribution in [0.15, 0.2) is 42.6 Å². The number of halogens is 2. The molecule has 2 atom stereocenters. The predicted octanol–water partition coefficient (Wildman–Crippen LogP) is 6.18. The maximum absolute atomic E-state index is 13.8. The molecule has 0 saturated heterocycles. The first-order valence-electron chi connectivity index (χ1n) is 9.78. The summed E-state index contributed by atoms with van der Waals surface area (Å²) in [5.41, 5.74) is 2.32. The van der Waals surface area contributed by atoms with Crippen LogP contribution in [0, 0.1) is 17.2 Å². The Balaban J connectivity index is 1.27. The first-order chi connectivity index (χ1) is 13.5. The lowest BCUT2D eigenvalue weighted by Crippen LogP contribution is -2.26. The first kappa shape index (κ1) is 18.3. The van der Waals surface area contributed by atoms with Crippen molar-refractivity contribution in [1.82, 2.24) is 4.98 Å². The molecule has 2 aromatic heterocycles. The predicted molar refractivity (Wildman–Crippen MR) is 112 cm³/mol.